The Morgan fingerprint density at radius 1 is 0.463 bits per heavy atom. The van der Waals surface area contributed by atoms with Crippen molar-refractivity contribution >= 4 is 45.9 Å². The molecule has 0 aromatic heterocycles. The molecule has 0 saturated heterocycles. The van der Waals surface area contributed by atoms with Crippen molar-refractivity contribution in [1.82, 2.24) is 0 Å². The van der Waals surface area contributed by atoms with Crippen LogP contribution in [-0.4, -0.2) is 45.9 Å². The molecule has 0 rings (SSSR count). The summed E-state index contributed by atoms with van der Waals surface area (Å²) in [5.74, 6) is -3.04. The van der Waals surface area contributed by atoms with Gasteiger partial charge in [-0.15, -0.1) is 0 Å². The molecule has 0 heterocycles. The Kier molecular flexibility index (Phi) is 25.6. The molecule has 0 aromatic carbocycles. The van der Waals surface area contributed by atoms with Crippen LogP contribution in [0.3, 0.4) is 0 Å². The summed E-state index contributed by atoms with van der Waals surface area (Å²) < 4.78 is 22.9. The summed E-state index contributed by atoms with van der Waals surface area (Å²) in [5.41, 5.74) is 0. The number of rotatable bonds is 27. The van der Waals surface area contributed by atoms with Gasteiger partial charge in [0.15, 0.2) is 0 Å². The summed E-state index contributed by atoms with van der Waals surface area (Å²) in [5, 5.41) is 0. The number of hydrogen-bond donors (Lipinski definition) is 0. The molecule has 41 heavy (non-hydrogen) atoms. The molecule has 0 saturated carbocycles. The van der Waals surface area contributed by atoms with Crippen molar-refractivity contribution in [3.63, 3.8) is 0 Å². The standard InChI is InChI=1S/4C8H16O2.Bi/c1-3-5-6-7(4-2)8(9)10;3*1-2-3-4-5-6-7-8(9)10;/h7H,3-6H2,1-2H3,(H,9,10);3*2-7H2,1H3,(H,9,10);/q;;;;+4/p-4. The van der Waals surface area contributed by atoms with Crippen molar-refractivity contribution in [2.45, 2.75) is 176 Å². The molecule has 0 N–H and O–H groups in total. The van der Waals surface area contributed by atoms with E-state index in [1.807, 2.05) is 13.8 Å². The van der Waals surface area contributed by atoms with Crippen LogP contribution in [0.4, 0.5) is 0 Å². The van der Waals surface area contributed by atoms with E-state index in [1.165, 1.54) is 0 Å². The van der Waals surface area contributed by atoms with Crippen molar-refractivity contribution in [1.29, 1.82) is 0 Å². The van der Waals surface area contributed by atoms with Crippen molar-refractivity contribution in [3.05, 3.63) is 0 Å². The first-order chi connectivity index (χ1) is 19.8. The van der Waals surface area contributed by atoms with Gasteiger partial charge in [0.05, 0.1) is 0 Å². The van der Waals surface area contributed by atoms with Crippen LogP contribution < -0.4 is 0 Å². The van der Waals surface area contributed by atoms with Crippen molar-refractivity contribution in [3.8, 4) is 0 Å². The second-order valence-corrected chi connectivity index (χ2v) is 17.3. The van der Waals surface area contributed by atoms with E-state index in [2.05, 4.69) is 20.8 Å². The van der Waals surface area contributed by atoms with Crippen LogP contribution in [0.25, 0.3) is 0 Å². The Bertz CT molecular complexity index is 642. The third kappa shape index (κ3) is 21.2. The van der Waals surface area contributed by atoms with E-state index in [0.29, 0.717) is 32.1 Å². The van der Waals surface area contributed by atoms with Gasteiger partial charge in [0, 0.05) is 0 Å². The first-order valence-electron chi connectivity index (χ1n) is 16.6. The summed E-state index contributed by atoms with van der Waals surface area (Å²) in [6, 6.07) is 0. The normalized spacial score (nSPS) is 12.0. The summed E-state index contributed by atoms with van der Waals surface area (Å²) in [4.78, 5) is 52.2. The summed E-state index contributed by atoms with van der Waals surface area (Å²) in [6.07, 6.45) is 17.0. The number of carbonyl (C=O) groups is 4. The Morgan fingerprint density at radius 3 is 1.12 bits per heavy atom. The van der Waals surface area contributed by atoms with Crippen LogP contribution in [0.1, 0.15) is 176 Å². The van der Waals surface area contributed by atoms with Gasteiger partial charge >= 0.3 is 258 Å². The van der Waals surface area contributed by atoms with E-state index in [0.717, 1.165) is 89.9 Å². The fourth-order valence-electron chi connectivity index (χ4n) is 4.37. The van der Waals surface area contributed by atoms with Gasteiger partial charge in [0.1, 0.15) is 0 Å². The third-order valence-electron chi connectivity index (χ3n) is 7.03. The SMILES string of the molecule is CCCCCCCC(=O)[O][Bi]([O]C(=O)CCCCCCC)([O]C(=O)CCCCCCC)[O]C(=O)C(CC)CCCC. The third-order valence-corrected chi connectivity index (χ3v) is 13.6. The Hall–Kier alpha value is -1.24. The predicted molar refractivity (Wildman–Crippen MR) is 164 cm³/mol. The van der Waals surface area contributed by atoms with Crippen molar-refractivity contribution in [2.24, 2.45) is 5.92 Å². The Morgan fingerprint density at radius 2 is 0.805 bits per heavy atom. The van der Waals surface area contributed by atoms with Gasteiger partial charge in [0.25, 0.3) is 0 Å². The molecule has 0 aliphatic rings. The second-order valence-electron chi connectivity index (χ2n) is 11.0. The minimum absolute atomic E-state index is 0.0808. The second kappa shape index (κ2) is 26.4. The molecule has 0 bridgehead atoms. The van der Waals surface area contributed by atoms with Crippen LogP contribution >= 0.6 is 0 Å². The molecular formula is C32H60BiO8. The zero-order valence-corrected chi connectivity index (χ0v) is 30.3. The average molecular weight is 782 g/mol. The monoisotopic (exact) mass is 781 g/mol. The van der Waals surface area contributed by atoms with Gasteiger partial charge in [-0.25, -0.2) is 0 Å². The first kappa shape index (κ1) is 39.8. The maximum atomic E-state index is 13.3. The maximum absolute atomic E-state index is 13.3. The number of unbranched alkanes of at least 4 members (excludes halogenated alkanes) is 13. The Labute approximate surface area is 257 Å². The van der Waals surface area contributed by atoms with E-state index >= 15 is 0 Å². The fourth-order valence-corrected chi connectivity index (χ4v) is 10.6. The van der Waals surface area contributed by atoms with Crippen LogP contribution in [0.15, 0.2) is 0 Å². The quantitative estimate of drug-likeness (QED) is 0.0602. The van der Waals surface area contributed by atoms with Crippen molar-refractivity contribution < 1.29 is 30.4 Å². The molecule has 1 unspecified atom stereocenters. The van der Waals surface area contributed by atoms with Crippen LogP contribution in [0, 0.1) is 5.92 Å². The summed E-state index contributed by atoms with van der Waals surface area (Å²) >= 11 is -5.86. The van der Waals surface area contributed by atoms with Crippen LogP contribution in [-0.2, 0) is 30.4 Å². The molecule has 0 aliphatic heterocycles. The van der Waals surface area contributed by atoms with Crippen molar-refractivity contribution in [2.75, 3.05) is 0 Å². The van der Waals surface area contributed by atoms with Crippen LogP contribution in [0.2, 0.25) is 0 Å². The van der Waals surface area contributed by atoms with E-state index in [1.54, 1.807) is 0 Å². The molecular weight excluding hydrogens is 721 g/mol. The van der Waals surface area contributed by atoms with E-state index in [4.69, 9.17) is 11.3 Å². The number of carbonyl (C=O) groups excluding carboxylic acids is 4. The van der Waals surface area contributed by atoms with Gasteiger partial charge < -0.3 is 0 Å². The van der Waals surface area contributed by atoms with Gasteiger partial charge in [-0.3, -0.25) is 0 Å². The molecule has 8 nitrogen and oxygen atoms in total. The van der Waals surface area contributed by atoms with E-state index in [-0.39, 0.29) is 19.3 Å². The van der Waals surface area contributed by atoms with E-state index < -0.39 is 51.8 Å². The van der Waals surface area contributed by atoms with Gasteiger partial charge in [-0.05, 0) is 0 Å². The Balaban J connectivity index is 5.83. The molecule has 0 fully saturated rings. The predicted octanol–water partition coefficient (Wildman–Crippen LogP) is 8.89. The van der Waals surface area contributed by atoms with Gasteiger partial charge in [-0.2, -0.15) is 0 Å². The zero-order chi connectivity index (χ0) is 30.8. The van der Waals surface area contributed by atoms with Crippen LogP contribution in [0.5, 0.6) is 0 Å². The molecule has 1 atom stereocenters. The van der Waals surface area contributed by atoms with E-state index in [9.17, 15) is 19.2 Å². The van der Waals surface area contributed by atoms with Gasteiger partial charge in [-0.1, -0.05) is 0 Å². The molecule has 1 radical (unpaired) electrons. The van der Waals surface area contributed by atoms with Gasteiger partial charge in [0.2, 0.25) is 0 Å². The average Bonchev–Trinajstić information content (AvgIpc) is 2.93. The summed E-state index contributed by atoms with van der Waals surface area (Å²) in [7, 11) is 0. The first-order valence-corrected chi connectivity index (χ1v) is 22.2. The molecule has 241 valence electrons. The number of hydrogen-bond acceptors (Lipinski definition) is 8. The summed E-state index contributed by atoms with van der Waals surface area (Å²) in [6.45, 7) is 10.3. The minimum atomic E-state index is -5.86. The molecule has 0 spiro atoms. The topological polar surface area (TPSA) is 105 Å². The molecule has 0 amide bonds. The molecule has 0 aromatic rings. The fraction of sp³-hybridized carbons (Fsp3) is 0.875. The zero-order valence-electron chi connectivity index (χ0n) is 26.8. The molecule has 0 aliphatic carbocycles. The molecule has 9 heteroatoms.